The monoisotopic (exact) mass is 528 g/mol. The molecule has 4 aromatic rings. The summed E-state index contributed by atoms with van der Waals surface area (Å²) in [5, 5.41) is 21.2. The summed E-state index contributed by atoms with van der Waals surface area (Å²) in [6.45, 7) is 0.630. The van der Waals surface area contributed by atoms with Crippen LogP contribution in [0.3, 0.4) is 0 Å². The minimum Gasteiger partial charge on any atom is -0.497 e. The van der Waals surface area contributed by atoms with Crippen LogP contribution in [0.4, 0.5) is 5.13 Å². The lowest BCUT2D eigenvalue weighted by Crippen LogP contribution is -2.11. The van der Waals surface area contributed by atoms with Crippen LogP contribution in [-0.4, -0.2) is 43.5 Å². The van der Waals surface area contributed by atoms with Crippen molar-refractivity contribution in [3.8, 4) is 29.1 Å². The Balaban J connectivity index is 1.39. The third-order valence-corrected chi connectivity index (χ3v) is 6.05. The van der Waals surface area contributed by atoms with Gasteiger partial charge in [0.15, 0.2) is 16.5 Å². The van der Waals surface area contributed by atoms with Crippen LogP contribution in [0, 0.1) is 11.3 Å². The number of nitriles is 1. The molecule has 0 spiro atoms. The maximum Gasteiger partial charge on any atom is 0.257 e. The van der Waals surface area contributed by atoms with Gasteiger partial charge in [0.2, 0.25) is 5.13 Å². The molecule has 3 aromatic carbocycles. The number of benzene rings is 3. The summed E-state index contributed by atoms with van der Waals surface area (Å²) in [6, 6.07) is 23.6. The van der Waals surface area contributed by atoms with Crippen molar-refractivity contribution in [2.75, 3.05) is 32.8 Å². The number of hydrogen-bond donors (Lipinski definition) is 1. The Hall–Kier alpha value is -4.88. The Morgan fingerprint density at radius 1 is 0.921 bits per heavy atom. The van der Waals surface area contributed by atoms with Crippen molar-refractivity contribution < 1.29 is 23.7 Å². The first kappa shape index (κ1) is 26.2. The molecule has 38 heavy (non-hydrogen) atoms. The molecule has 0 atom stereocenters. The molecule has 0 bridgehead atoms. The van der Waals surface area contributed by atoms with E-state index < -0.39 is 0 Å². The lowest BCUT2D eigenvalue weighted by atomic mass is 10.1. The molecule has 0 aliphatic carbocycles. The molecule has 0 saturated heterocycles. The average molecular weight is 529 g/mol. The lowest BCUT2D eigenvalue weighted by Gasteiger charge is -2.12. The quantitative estimate of drug-likeness (QED) is 0.205. The Morgan fingerprint density at radius 2 is 1.71 bits per heavy atom. The maximum atomic E-state index is 12.4. The predicted octanol–water partition coefficient (Wildman–Crippen LogP) is 5.33. The molecule has 0 fully saturated rings. The van der Waals surface area contributed by atoms with E-state index in [1.54, 1.807) is 68.8 Å². The molecule has 0 radical (unpaired) electrons. The van der Waals surface area contributed by atoms with Crippen molar-refractivity contribution in [1.82, 2.24) is 10.2 Å². The second kappa shape index (κ2) is 12.9. The highest BCUT2D eigenvalue weighted by Crippen LogP contribution is 2.31. The number of anilines is 1. The fourth-order valence-electron chi connectivity index (χ4n) is 3.35. The van der Waals surface area contributed by atoms with Crippen LogP contribution in [-0.2, 0) is 0 Å². The molecule has 0 unspecified atom stereocenters. The minimum atomic E-state index is -0.301. The number of nitrogens with zero attached hydrogens (tertiary/aromatic N) is 3. The van der Waals surface area contributed by atoms with Crippen LogP contribution in [0.5, 0.6) is 23.0 Å². The molecule has 0 aliphatic rings. The summed E-state index contributed by atoms with van der Waals surface area (Å²) in [5.41, 5.74) is 1.51. The first-order valence-electron chi connectivity index (χ1n) is 11.5. The highest BCUT2D eigenvalue weighted by atomic mass is 32.1. The number of methoxy groups -OCH3 is 2. The standard InChI is InChI=1S/C28H24N4O5S/c1-34-22-9-6-10-23(17-22)36-13-14-37-24-12-11-19(16-25(24)35-2)15-21(18-29)27-31-32-28(38-27)30-26(33)20-7-4-3-5-8-20/h3-12,15-17H,13-14H2,1-2H3,(H,30,32,33)/b21-15+. The lowest BCUT2D eigenvalue weighted by molar-refractivity contribution is 0.102. The fourth-order valence-corrected chi connectivity index (χ4v) is 4.05. The van der Waals surface area contributed by atoms with Crippen LogP contribution in [0.2, 0.25) is 0 Å². The van der Waals surface area contributed by atoms with Crippen LogP contribution in [0.15, 0.2) is 72.8 Å². The first-order chi connectivity index (χ1) is 18.6. The number of nitrogens with one attached hydrogen (secondary N) is 1. The van der Waals surface area contributed by atoms with Gasteiger partial charge in [-0.15, -0.1) is 10.2 Å². The van der Waals surface area contributed by atoms with Gasteiger partial charge >= 0.3 is 0 Å². The average Bonchev–Trinajstić information content (AvgIpc) is 3.43. The Morgan fingerprint density at radius 3 is 2.47 bits per heavy atom. The number of rotatable bonds is 11. The zero-order valence-electron chi connectivity index (χ0n) is 20.7. The largest absolute Gasteiger partial charge is 0.497 e. The summed E-state index contributed by atoms with van der Waals surface area (Å²) >= 11 is 1.11. The van der Waals surface area contributed by atoms with E-state index in [0.29, 0.717) is 63.1 Å². The van der Waals surface area contributed by atoms with Gasteiger partial charge in [-0.05, 0) is 48.0 Å². The minimum absolute atomic E-state index is 0.296. The molecule has 1 heterocycles. The number of hydrogen-bond acceptors (Lipinski definition) is 9. The smallest absolute Gasteiger partial charge is 0.257 e. The molecule has 1 amide bonds. The summed E-state index contributed by atoms with van der Waals surface area (Å²) in [6.07, 6.45) is 1.67. The van der Waals surface area contributed by atoms with Gasteiger partial charge in [0.25, 0.3) is 5.91 Å². The number of ether oxygens (including phenoxy) is 4. The molecule has 0 saturated carbocycles. The summed E-state index contributed by atoms with van der Waals surface area (Å²) in [7, 11) is 3.14. The topological polar surface area (TPSA) is 116 Å². The summed E-state index contributed by atoms with van der Waals surface area (Å²) < 4.78 is 22.2. The van der Waals surface area contributed by atoms with Gasteiger partial charge in [0.1, 0.15) is 30.8 Å². The zero-order chi connectivity index (χ0) is 26.7. The second-order valence-electron chi connectivity index (χ2n) is 7.69. The number of carbonyl (C=O) groups excluding carboxylic acids is 1. The summed E-state index contributed by atoms with van der Waals surface area (Å²) in [5.74, 6) is 2.14. The molecule has 1 N–H and O–H groups in total. The summed E-state index contributed by atoms with van der Waals surface area (Å²) in [4.78, 5) is 12.4. The number of carbonyl (C=O) groups is 1. The molecular formula is C28H24N4O5S. The number of aromatic nitrogens is 2. The molecule has 1 aromatic heterocycles. The highest BCUT2D eigenvalue weighted by Gasteiger charge is 2.13. The van der Waals surface area contributed by atoms with E-state index >= 15 is 0 Å². The second-order valence-corrected chi connectivity index (χ2v) is 8.67. The molecule has 0 aliphatic heterocycles. The van der Waals surface area contributed by atoms with E-state index in [9.17, 15) is 10.1 Å². The van der Waals surface area contributed by atoms with E-state index in [2.05, 4.69) is 21.6 Å². The van der Waals surface area contributed by atoms with Crippen molar-refractivity contribution in [2.45, 2.75) is 0 Å². The zero-order valence-corrected chi connectivity index (χ0v) is 21.5. The van der Waals surface area contributed by atoms with E-state index in [1.165, 1.54) is 0 Å². The third-order valence-electron chi connectivity index (χ3n) is 5.18. The molecule has 192 valence electrons. The normalized spacial score (nSPS) is 10.8. The van der Waals surface area contributed by atoms with Gasteiger partial charge in [-0.1, -0.05) is 41.7 Å². The predicted molar refractivity (Wildman–Crippen MR) is 145 cm³/mol. The Labute approximate surface area is 223 Å². The Bertz CT molecular complexity index is 1460. The van der Waals surface area contributed by atoms with Crippen molar-refractivity contribution in [2.24, 2.45) is 0 Å². The van der Waals surface area contributed by atoms with Crippen molar-refractivity contribution in [3.05, 3.63) is 88.9 Å². The van der Waals surface area contributed by atoms with E-state index in [1.807, 2.05) is 24.3 Å². The van der Waals surface area contributed by atoms with Gasteiger partial charge in [0.05, 0.1) is 19.8 Å². The SMILES string of the molecule is COc1cccc(OCCOc2ccc(/C=C(\C#N)c3nnc(NC(=O)c4ccccc4)s3)cc2OC)c1. The van der Waals surface area contributed by atoms with Crippen LogP contribution in [0.25, 0.3) is 11.6 Å². The third kappa shape index (κ3) is 6.87. The Kier molecular flexibility index (Phi) is 8.89. The van der Waals surface area contributed by atoms with Gasteiger partial charge in [0, 0.05) is 11.6 Å². The van der Waals surface area contributed by atoms with Gasteiger partial charge in [-0.3, -0.25) is 10.1 Å². The van der Waals surface area contributed by atoms with E-state index in [0.717, 1.165) is 11.3 Å². The fraction of sp³-hybridized carbons (Fsp3) is 0.143. The van der Waals surface area contributed by atoms with Gasteiger partial charge in [-0.2, -0.15) is 5.26 Å². The number of amides is 1. The number of allylic oxidation sites excluding steroid dienone is 1. The van der Waals surface area contributed by atoms with Crippen molar-refractivity contribution in [3.63, 3.8) is 0 Å². The van der Waals surface area contributed by atoms with Crippen molar-refractivity contribution >= 4 is 34.0 Å². The van der Waals surface area contributed by atoms with Gasteiger partial charge in [-0.25, -0.2) is 0 Å². The molecule has 9 nitrogen and oxygen atoms in total. The van der Waals surface area contributed by atoms with Crippen LogP contribution < -0.4 is 24.3 Å². The van der Waals surface area contributed by atoms with Crippen molar-refractivity contribution in [1.29, 1.82) is 5.26 Å². The van der Waals surface area contributed by atoms with Crippen LogP contribution >= 0.6 is 11.3 Å². The van der Waals surface area contributed by atoms with E-state index in [4.69, 9.17) is 18.9 Å². The molecular weight excluding hydrogens is 504 g/mol. The van der Waals surface area contributed by atoms with Crippen LogP contribution in [0.1, 0.15) is 20.9 Å². The maximum absolute atomic E-state index is 12.4. The van der Waals surface area contributed by atoms with E-state index in [-0.39, 0.29) is 5.91 Å². The first-order valence-corrected chi connectivity index (χ1v) is 12.3. The van der Waals surface area contributed by atoms with Gasteiger partial charge < -0.3 is 18.9 Å². The molecule has 4 rings (SSSR count). The molecule has 10 heteroatoms. The highest BCUT2D eigenvalue weighted by molar-refractivity contribution is 7.16.